The van der Waals surface area contributed by atoms with Gasteiger partial charge in [-0.25, -0.2) is 4.39 Å². The van der Waals surface area contributed by atoms with Gasteiger partial charge in [-0.1, -0.05) is 0 Å². The van der Waals surface area contributed by atoms with Crippen LogP contribution in [-0.2, 0) is 4.74 Å². The highest BCUT2D eigenvalue weighted by atomic mass is 19.4. The number of alkyl halides is 3. The Balaban J connectivity index is 2.03. The molecule has 0 amide bonds. The van der Waals surface area contributed by atoms with Crippen molar-refractivity contribution in [3.63, 3.8) is 0 Å². The van der Waals surface area contributed by atoms with Crippen LogP contribution in [0, 0.1) is 5.82 Å². The Labute approximate surface area is 105 Å². The van der Waals surface area contributed by atoms with Gasteiger partial charge in [0.25, 0.3) is 0 Å². The average molecular weight is 278 g/mol. The minimum atomic E-state index is -4.45. The normalized spacial score (nSPS) is 13.9. The molecule has 1 aromatic carbocycles. The molecule has 3 nitrogen and oxygen atoms in total. The molecule has 1 atom stereocenters. The maximum absolute atomic E-state index is 12.9. The number of halogens is 4. The third-order valence-corrected chi connectivity index (χ3v) is 2.37. The van der Waals surface area contributed by atoms with Crippen LogP contribution >= 0.6 is 0 Å². The van der Waals surface area contributed by atoms with Crippen molar-refractivity contribution >= 4 is 11.0 Å². The monoisotopic (exact) mass is 278 g/mol. The maximum atomic E-state index is 12.9. The predicted molar refractivity (Wildman–Crippen MR) is 58.0 cm³/mol. The summed E-state index contributed by atoms with van der Waals surface area (Å²) in [5, 5.41) is 10.0. The molecule has 2 rings (SSSR count). The molecule has 2 aromatic rings. The van der Waals surface area contributed by atoms with E-state index in [1.54, 1.807) is 0 Å². The van der Waals surface area contributed by atoms with Crippen LogP contribution in [0.5, 0.6) is 0 Å². The van der Waals surface area contributed by atoms with E-state index in [2.05, 4.69) is 4.74 Å². The largest absolute Gasteiger partial charge is 0.458 e. The molecule has 0 spiro atoms. The maximum Gasteiger partial charge on any atom is 0.411 e. The molecule has 0 aliphatic rings. The van der Waals surface area contributed by atoms with Crippen LogP contribution in [0.4, 0.5) is 17.6 Å². The fraction of sp³-hybridized carbons (Fsp3) is 0.333. The van der Waals surface area contributed by atoms with E-state index in [1.165, 1.54) is 24.3 Å². The average Bonchev–Trinajstić information content (AvgIpc) is 2.70. The fourth-order valence-corrected chi connectivity index (χ4v) is 1.57. The van der Waals surface area contributed by atoms with E-state index >= 15 is 0 Å². The van der Waals surface area contributed by atoms with Gasteiger partial charge in [-0.15, -0.1) is 0 Å². The van der Waals surface area contributed by atoms with E-state index in [-0.39, 0.29) is 5.76 Å². The summed E-state index contributed by atoms with van der Waals surface area (Å²) in [5.74, 6) is -0.439. The summed E-state index contributed by atoms with van der Waals surface area (Å²) in [7, 11) is 0. The SMILES string of the molecule is OC(COCC(F)(F)F)c1cc2cc(F)ccc2o1. The number of hydrogen-bond acceptors (Lipinski definition) is 3. The van der Waals surface area contributed by atoms with Crippen LogP contribution in [0.1, 0.15) is 11.9 Å². The van der Waals surface area contributed by atoms with Gasteiger partial charge in [-0.2, -0.15) is 13.2 Å². The van der Waals surface area contributed by atoms with Gasteiger partial charge < -0.3 is 14.3 Å². The fourth-order valence-electron chi connectivity index (χ4n) is 1.57. The third kappa shape index (κ3) is 3.68. The van der Waals surface area contributed by atoms with Gasteiger partial charge in [0.05, 0.1) is 6.61 Å². The molecule has 0 aliphatic heterocycles. The van der Waals surface area contributed by atoms with Crippen molar-refractivity contribution in [2.45, 2.75) is 12.3 Å². The van der Waals surface area contributed by atoms with Crippen molar-refractivity contribution in [2.75, 3.05) is 13.2 Å². The first-order valence-corrected chi connectivity index (χ1v) is 5.37. The zero-order valence-corrected chi connectivity index (χ0v) is 9.58. The molecule has 0 saturated carbocycles. The van der Waals surface area contributed by atoms with Crippen LogP contribution < -0.4 is 0 Å². The number of aliphatic hydroxyl groups is 1. The number of hydrogen-bond donors (Lipinski definition) is 1. The van der Waals surface area contributed by atoms with Gasteiger partial charge in [0.1, 0.15) is 29.9 Å². The molecule has 0 aliphatic carbocycles. The summed E-state index contributed by atoms with van der Waals surface area (Å²) < 4.78 is 58.0. The highest BCUT2D eigenvalue weighted by Gasteiger charge is 2.28. The van der Waals surface area contributed by atoms with Crippen molar-refractivity contribution < 1.29 is 31.8 Å². The standard InChI is InChI=1S/C12H10F4O3/c13-8-1-2-10-7(3-8)4-11(19-10)9(17)5-18-6-12(14,15)16/h1-4,9,17H,5-6H2. The number of aliphatic hydroxyl groups excluding tert-OH is 1. The van der Waals surface area contributed by atoms with Crippen molar-refractivity contribution in [1.29, 1.82) is 0 Å². The van der Waals surface area contributed by atoms with Crippen LogP contribution in [0.2, 0.25) is 0 Å². The van der Waals surface area contributed by atoms with Gasteiger partial charge >= 0.3 is 6.18 Å². The number of rotatable bonds is 4. The summed E-state index contributed by atoms with van der Waals surface area (Å²) in [6.45, 7) is -2.00. The smallest absolute Gasteiger partial charge is 0.411 e. The lowest BCUT2D eigenvalue weighted by Gasteiger charge is -2.10. The van der Waals surface area contributed by atoms with Crippen LogP contribution in [-0.4, -0.2) is 24.5 Å². The summed E-state index contributed by atoms with van der Waals surface area (Å²) in [6.07, 6.45) is -5.78. The molecule has 1 unspecified atom stereocenters. The first kappa shape index (κ1) is 13.8. The lowest BCUT2D eigenvalue weighted by atomic mass is 10.2. The molecule has 0 radical (unpaired) electrons. The van der Waals surface area contributed by atoms with E-state index in [0.29, 0.717) is 11.0 Å². The van der Waals surface area contributed by atoms with Gasteiger partial charge in [0, 0.05) is 5.39 Å². The minimum Gasteiger partial charge on any atom is -0.458 e. The molecule has 1 heterocycles. The highest BCUT2D eigenvalue weighted by molar-refractivity contribution is 5.77. The van der Waals surface area contributed by atoms with Crippen molar-refractivity contribution in [3.05, 3.63) is 35.8 Å². The Hall–Kier alpha value is -1.60. The topological polar surface area (TPSA) is 42.6 Å². The molecule has 7 heteroatoms. The molecule has 19 heavy (non-hydrogen) atoms. The van der Waals surface area contributed by atoms with Gasteiger partial charge in [-0.3, -0.25) is 0 Å². The lowest BCUT2D eigenvalue weighted by Crippen LogP contribution is -2.19. The van der Waals surface area contributed by atoms with Crippen LogP contribution in [0.15, 0.2) is 28.7 Å². The van der Waals surface area contributed by atoms with Crippen molar-refractivity contribution in [1.82, 2.24) is 0 Å². The molecule has 1 N–H and O–H groups in total. The lowest BCUT2D eigenvalue weighted by molar-refractivity contribution is -0.179. The van der Waals surface area contributed by atoms with E-state index in [0.717, 1.165) is 0 Å². The van der Waals surface area contributed by atoms with E-state index < -0.39 is 31.3 Å². The van der Waals surface area contributed by atoms with Crippen LogP contribution in [0.25, 0.3) is 11.0 Å². The van der Waals surface area contributed by atoms with E-state index in [4.69, 9.17) is 4.42 Å². The number of fused-ring (bicyclic) bond motifs is 1. The summed E-state index contributed by atoms with van der Waals surface area (Å²) in [5.41, 5.74) is 0.339. The van der Waals surface area contributed by atoms with Crippen molar-refractivity contribution in [3.8, 4) is 0 Å². The van der Waals surface area contributed by atoms with E-state index in [9.17, 15) is 22.7 Å². The molecule has 0 saturated heterocycles. The first-order valence-electron chi connectivity index (χ1n) is 5.37. The second-order valence-electron chi connectivity index (χ2n) is 3.98. The zero-order chi connectivity index (χ0) is 14.0. The predicted octanol–water partition coefficient (Wildman–Crippen LogP) is 3.18. The molecular formula is C12H10F4O3. The minimum absolute atomic E-state index is 0.0303. The summed E-state index contributed by atoms with van der Waals surface area (Å²) in [6, 6.07) is 5.12. The van der Waals surface area contributed by atoms with Gasteiger partial charge in [-0.05, 0) is 24.3 Å². The molecule has 104 valence electrons. The molecule has 0 bridgehead atoms. The highest BCUT2D eigenvalue weighted by Crippen LogP contribution is 2.25. The van der Waals surface area contributed by atoms with E-state index in [1.807, 2.05) is 0 Å². The first-order chi connectivity index (χ1) is 8.85. The number of ether oxygens (including phenoxy) is 1. The number of benzene rings is 1. The second kappa shape index (κ2) is 5.18. The van der Waals surface area contributed by atoms with Gasteiger partial charge in [0.15, 0.2) is 0 Å². The molecular weight excluding hydrogens is 268 g/mol. The van der Waals surface area contributed by atoms with Crippen LogP contribution in [0.3, 0.4) is 0 Å². The third-order valence-electron chi connectivity index (χ3n) is 2.37. The molecule has 1 aromatic heterocycles. The Bertz CT molecular complexity index is 562. The Morgan fingerprint density at radius 3 is 2.68 bits per heavy atom. The number of furan rings is 1. The van der Waals surface area contributed by atoms with Gasteiger partial charge in [0.2, 0.25) is 0 Å². The summed E-state index contributed by atoms with van der Waals surface area (Å²) >= 11 is 0. The second-order valence-corrected chi connectivity index (χ2v) is 3.98. The Morgan fingerprint density at radius 1 is 1.26 bits per heavy atom. The molecule has 0 fully saturated rings. The Morgan fingerprint density at radius 2 is 2.00 bits per heavy atom. The summed E-state index contributed by atoms with van der Waals surface area (Å²) in [4.78, 5) is 0. The van der Waals surface area contributed by atoms with Crippen molar-refractivity contribution in [2.24, 2.45) is 0 Å². The zero-order valence-electron chi connectivity index (χ0n) is 9.58. The quantitative estimate of drug-likeness (QED) is 0.873. The Kier molecular flexibility index (Phi) is 3.77.